The van der Waals surface area contributed by atoms with Gasteiger partial charge in [0.25, 0.3) is 0 Å². The first-order valence-corrected chi connectivity index (χ1v) is 9.53. The van der Waals surface area contributed by atoms with E-state index < -0.39 is 5.60 Å². The third-order valence-electron chi connectivity index (χ3n) is 4.31. The molecule has 0 saturated carbocycles. The Kier molecular flexibility index (Phi) is 4.38. The van der Waals surface area contributed by atoms with Crippen LogP contribution in [0.5, 0.6) is 0 Å². The molecule has 0 unspecified atom stereocenters. The van der Waals surface area contributed by atoms with E-state index in [1.54, 1.807) is 17.3 Å². The number of ether oxygens (including phenoxy) is 1. The summed E-state index contributed by atoms with van der Waals surface area (Å²) in [5, 5.41) is 4.44. The summed E-state index contributed by atoms with van der Waals surface area (Å²) >= 11 is 3.52. The number of benzene rings is 1. The van der Waals surface area contributed by atoms with Gasteiger partial charge in [-0.15, -0.1) is 0 Å². The fourth-order valence-electron chi connectivity index (χ4n) is 2.91. The molecule has 27 heavy (non-hydrogen) atoms. The van der Waals surface area contributed by atoms with Gasteiger partial charge in [0.05, 0.1) is 29.6 Å². The monoisotopic (exact) mass is 429 g/mol. The van der Waals surface area contributed by atoms with Crippen molar-refractivity contribution in [2.24, 2.45) is 0 Å². The predicted octanol–water partition coefficient (Wildman–Crippen LogP) is 4.05. The highest BCUT2D eigenvalue weighted by molar-refractivity contribution is 9.10. The van der Waals surface area contributed by atoms with Crippen molar-refractivity contribution in [3.8, 4) is 11.3 Å². The second-order valence-corrected chi connectivity index (χ2v) is 8.47. The number of nitrogens with zero attached hydrogens (tertiary/aromatic N) is 5. The first kappa shape index (κ1) is 17.9. The Labute approximate surface area is 165 Å². The van der Waals surface area contributed by atoms with Crippen LogP contribution in [0.3, 0.4) is 0 Å². The zero-order valence-corrected chi connectivity index (χ0v) is 17.0. The molecule has 0 aliphatic carbocycles. The van der Waals surface area contributed by atoms with Crippen molar-refractivity contribution in [3.63, 3.8) is 0 Å². The standard InChI is InChI=1S/C19H20BrN5O2/c1-19(2,3)27-18(26)24-10-13(11-24)25-9-12(7-22-25)16-8-21-15-6-4-5-14(20)17(15)23-16/h4-9,13H,10-11H2,1-3H3. The zero-order chi connectivity index (χ0) is 19.2. The van der Waals surface area contributed by atoms with Gasteiger partial charge in [-0.3, -0.25) is 9.67 Å². The second kappa shape index (κ2) is 6.60. The fraction of sp³-hybridized carbons (Fsp3) is 0.368. The van der Waals surface area contributed by atoms with Crippen LogP contribution in [0.2, 0.25) is 0 Å². The van der Waals surface area contributed by atoms with E-state index in [2.05, 4.69) is 26.0 Å². The van der Waals surface area contributed by atoms with Crippen molar-refractivity contribution in [2.75, 3.05) is 13.1 Å². The van der Waals surface area contributed by atoms with Crippen LogP contribution in [0.25, 0.3) is 22.3 Å². The van der Waals surface area contributed by atoms with Crippen LogP contribution in [0, 0.1) is 0 Å². The van der Waals surface area contributed by atoms with Gasteiger partial charge in [-0.25, -0.2) is 9.78 Å². The summed E-state index contributed by atoms with van der Waals surface area (Å²) in [7, 11) is 0. The maximum atomic E-state index is 12.1. The number of aromatic nitrogens is 4. The molecule has 1 amide bonds. The third-order valence-corrected chi connectivity index (χ3v) is 4.95. The van der Waals surface area contributed by atoms with Gasteiger partial charge in [0.1, 0.15) is 11.1 Å². The SMILES string of the molecule is CC(C)(C)OC(=O)N1CC(n2cc(-c3cnc4cccc(Br)c4n3)cn2)C1. The Morgan fingerprint density at radius 1 is 1.26 bits per heavy atom. The average Bonchev–Trinajstić information content (AvgIpc) is 3.01. The van der Waals surface area contributed by atoms with Gasteiger partial charge in [0, 0.05) is 29.3 Å². The minimum Gasteiger partial charge on any atom is -0.444 e. The molecule has 2 aromatic heterocycles. The molecule has 4 rings (SSSR count). The minimum atomic E-state index is -0.482. The minimum absolute atomic E-state index is 0.145. The molecule has 1 saturated heterocycles. The largest absolute Gasteiger partial charge is 0.444 e. The summed E-state index contributed by atoms with van der Waals surface area (Å²) in [6, 6.07) is 5.96. The molecule has 0 spiro atoms. The molecule has 140 valence electrons. The second-order valence-electron chi connectivity index (χ2n) is 7.61. The molecule has 0 bridgehead atoms. The maximum Gasteiger partial charge on any atom is 0.410 e. The molecular formula is C19H20BrN5O2. The highest BCUT2D eigenvalue weighted by Gasteiger charge is 2.35. The van der Waals surface area contributed by atoms with Gasteiger partial charge in [0.2, 0.25) is 0 Å². The van der Waals surface area contributed by atoms with E-state index in [-0.39, 0.29) is 12.1 Å². The van der Waals surface area contributed by atoms with E-state index in [4.69, 9.17) is 9.72 Å². The molecule has 0 atom stereocenters. The molecule has 0 N–H and O–H groups in total. The van der Waals surface area contributed by atoms with Crippen molar-refractivity contribution in [1.82, 2.24) is 24.6 Å². The molecule has 1 aromatic carbocycles. The number of amides is 1. The molecule has 3 aromatic rings. The zero-order valence-electron chi connectivity index (χ0n) is 15.4. The Bertz CT molecular complexity index is 1000. The van der Waals surface area contributed by atoms with Crippen molar-refractivity contribution < 1.29 is 9.53 Å². The Hall–Kier alpha value is -2.48. The lowest BCUT2D eigenvalue weighted by Gasteiger charge is -2.39. The number of carbonyl (C=O) groups is 1. The lowest BCUT2D eigenvalue weighted by molar-refractivity contribution is -0.000381. The van der Waals surface area contributed by atoms with Gasteiger partial charge >= 0.3 is 6.09 Å². The summed E-state index contributed by atoms with van der Waals surface area (Å²) < 4.78 is 8.18. The van der Waals surface area contributed by atoms with E-state index in [1.807, 2.05) is 49.8 Å². The lowest BCUT2D eigenvalue weighted by atomic mass is 10.1. The molecule has 7 nitrogen and oxygen atoms in total. The Morgan fingerprint density at radius 3 is 2.78 bits per heavy atom. The molecule has 1 aliphatic rings. The number of fused-ring (bicyclic) bond motifs is 1. The van der Waals surface area contributed by atoms with Crippen LogP contribution >= 0.6 is 15.9 Å². The number of carbonyl (C=O) groups excluding carboxylic acids is 1. The topological polar surface area (TPSA) is 73.1 Å². The van der Waals surface area contributed by atoms with Crippen LogP contribution in [0.15, 0.2) is 41.3 Å². The summed E-state index contributed by atoms with van der Waals surface area (Å²) in [4.78, 5) is 22.9. The summed E-state index contributed by atoms with van der Waals surface area (Å²) in [6.07, 6.45) is 5.20. The number of hydrogen-bond donors (Lipinski definition) is 0. The highest BCUT2D eigenvalue weighted by Crippen LogP contribution is 2.27. The normalized spacial score (nSPS) is 15.0. The first-order valence-electron chi connectivity index (χ1n) is 8.74. The molecule has 8 heteroatoms. The van der Waals surface area contributed by atoms with E-state index >= 15 is 0 Å². The van der Waals surface area contributed by atoms with Crippen LogP contribution < -0.4 is 0 Å². The average molecular weight is 430 g/mol. The van der Waals surface area contributed by atoms with E-state index in [9.17, 15) is 4.79 Å². The molecular weight excluding hydrogens is 410 g/mol. The smallest absolute Gasteiger partial charge is 0.410 e. The van der Waals surface area contributed by atoms with Crippen LogP contribution in [0.4, 0.5) is 4.79 Å². The van der Waals surface area contributed by atoms with E-state index in [1.165, 1.54) is 0 Å². The fourth-order valence-corrected chi connectivity index (χ4v) is 3.35. The van der Waals surface area contributed by atoms with Gasteiger partial charge < -0.3 is 9.64 Å². The highest BCUT2D eigenvalue weighted by atomic mass is 79.9. The first-order chi connectivity index (χ1) is 12.8. The Balaban J connectivity index is 1.47. The van der Waals surface area contributed by atoms with Crippen molar-refractivity contribution >= 4 is 33.1 Å². The third kappa shape index (κ3) is 3.66. The van der Waals surface area contributed by atoms with Gasteiger partial charge in [-0.1, -0.05) is 6.07 Å². The summed E-state index contributed by atoms with van der Waals surface area (Å²) in [5.41, 5.74) is 2.85. The van der Waals surface area contributed by atoms with E-state index in [0.29, 0.717) is 13.1 Å². The van der Waals surface area contributed by atoms with Gasteiger partial charge in [-0.05, 0) is 48.8 Å². The van der Waals surface area contributed by atoms with Crippen LogP contribution in [-0.2, 0) is 4.74 Å². The summed E-state index contributed by atoms with van der Waals surface area (Å²) in [6.45, 7) is 6.77. The predicted molar refractivity (Wildman–Crippen MR) is 105 cm³/mol. The maximum absolute atomic E-state index is 12.1. The number of halogens is 1. The number of hydrogen-bond acceptors (Lipinski definition) is 5. The van der Waals surface area contributed by atoms with Crippen molar-refractivity contribution in [1.29, 1.82) is 0 Å². The van der Waals surface area contributed by atoms with Gasteiger partial charge in [-0.2, -0.15) is 5.10 Å². The van der Waals surface area contributed by atoms with Crippen LogP contribution in [-0.4, -0.2) is 49.4 Å². The number of rotatable bonds is 2. The van der Waals surface area contributed by atoms with Gasteiger partial charge in [0.15, 0.2) is 0 Å². The van der Waals surface area contributed by atoms with Crippen LogP contribution in [0.1, 0.15) is 26.8 Å². The van der Waals surface area contributed by atoms with E-state index in [0.717, 1.165) is 26.8 Å². The molecule has 1 aliphatic heterocycles. The van der Waals surface area contributed by atoms with Crippen molar-refractivity contribution in [2.45, 2.75) is 32.4 Å². The number of likely N-dealkylation sites (tertiary alicyclic amines) is 1. The molecule has 0 radical (unpaired) electrons. The molecule has 1 fully saturated rings. The lowest BCUT2D eigenvalue weighted by Crippen LogP contribution is -2.52. The number of para-hydroxylation sites is 1. The Morgan fingerprint density at radius 2 is 2.04 bits per heavy atom. The van der Waals surface area contributed by atoms with Crippen molar-refractivity contribution in [3.05, 3.63) is 41.3 Å². The quantitative estimate of drug-likeness (QED) is 0.614. The summed E-state index contributed by atoms with van der Waals surface area (Å²) in [5.74, 6) is 0. The molecule has 3 heterocycles.